The number of rotatable bonds is 5. The van der Waals surface area contributed by atoms with Crippen molar-refractivity contribution in [3.63, 3.8) is 0 Å². The van der Waals surface area contributed by atoms with Crippen LogP contribution in [0.2, 0.25) is 5.15 Å². The van der Waals surface area contributed by atoms with Crippen molar-refractivity contribution in [2.75, 3.05) is 25.5 Å². The molecular weight excluding hydrogens is 504 g/mol. The summed E-state index contributed by atoms with van der Waals surface area (Å²) in [6, 6.07) is 7.72. The first-order valence-electron chi connectivity index (χ1n) is 12.7. The molecule has 6 rings (SSSR count). The summed E-state index contributed by atoms with van der Waals surface area (Å²) in [7, 11) is 3.99. The van der Waals surface area contributed by atoms with E-state index in [9.17, 15) is 4.79 Å². The fraction of sp³-hybridized carbons (Fsp3) is 0.370. The summed E-state index contributed by atoms with van der Waals surface area (Å²) in [5, 5.41) is 19.0. The maximum Gasteiger partial charge on any atom is 0.268 e. The Labute approximate surface area is 224 Å². The number of benzene rings is 1. The number of piperidine rings is 1. The number of nitrogens with one attached hydrogen (secondary N) is 1. The Balaban J connectivity index is 1.50. The van der Waals surface area contributed by atoms with Crippen LogP contribution in [0.1, 0.15) is 43.0 Å². The molecule has 1 aliphatic rings. The first kappa shape index (κ1) is 24.6. The molecule has 5 aromatic rings. The molecule has 1 fully saturated rings. The van der Waals surface area contributed by atoms with Crippen molar-refractivity contribution in [1.29, 1.82) is 0 Å². The predicted octanol–water partition coefficient (Wildman–Crippen LogP) is 4.73. The van der Waals surface area contributed by atoms with Gasteiger partial charge in [-0.2, -0.15) is 5.10 Å². The average molecular weight is 533 g/mol. The van der Waals surface area contributed by atoms with Gasteiger partial charge in [-0.3, -0.25) is 9.36 Å². The molecule has 1 atom stereocenters. The molecule has 0 bridgehead atoms. The van der Waals surface area contributed by atoms with Gasteiger partial charge in [0.25, 0.3) is 11.4 Å². The molecule has 38 heavy (non-hydrogen) atoms. The van der Waals surface area contributed by atoms with E-state index in [2.05, 4.69) is 50.1 Å². The second-order valence-electron chi connectivity index (χ2n) is 10.1. The molecule has 1 aliphatic heterocycles. The molecule has 1 unspecified atom stereocenters. The Morgan fingerprint density at radius 1 is 1.16 bits per heavy atom. The zero-order valence-electron chi connectivity index (χ0n) is 21.8. The van der Waals surface area contributed by atoms with Crippen molar-refractivity contribution >= 4 is 39.1 Å². The van der Waals surface area contributed by atoms with Crippen molar-refractivity contribution in [1.82, 2.24) is 34.4 Å². The molecule has 10 nitrogen and oxygen atoms in total. The van der Waals surface area contributed by atoms with E-state index in [0.29, 0.717) is 21.9 Å². The SMILES string of the molecule is Cc1cc(C(C)Nc2ccc(Cl)nc2-c2nnco2)c2c(c1)c(=O)n(C)c1c2cnn1C1CCN(C)CC1. The van der Waals surface area contributed by atoms with Gasteiger partial charge in [0.15, 0.2) is 5.69 Å². The van der Waals surface area contributed by atoms with Gasteiger partial charge in [0.1, 0.15) is 10.8 Å². The minimum absolute atomic E-state index is 0.0287. The summed E-state index contributed by atoms with van der Waals surface area (Å²) in [5.74, 6) is 0.270. The second-order valence-corrected chi connectivity index (χ2v) is 10.5. The number of hydrogen-bond acceptors (Lipinski definition) is 8. The monoisotopic (exact) mass is 532 g/mol. The van der Waals surface area contributed by atoms with E-state index in [0.717, 1.165) is 53.5 Å². The van der Waals surface area contributed by atoms with Crippen molar-refractivity contribution in [3.8, 4) is 11.6 Å². The van der Waals surface area contributed by atoms with Gasteiger partial charge in [0.2, 0.25) is 6.39 Å². The number of hydrogen-bond donors (Lipinski definition) is 1. The number of halogens is 1. The maximum atomic E-state index is 13.7. The van der Waals surface area contributed by atoms with Crippen LogP contribution < -0.4 is 10.9 Å². The number of fused-ring (bicyclic) bond motifs is 3. The van der Waals surface area contributed by atoms with Crippen LogP contribution in [-0.4, -0.2) is 54.6 Å². The fourth-order valence-corrected chi connectivity index (χ4v) is 5.72. The summed E-state index contributed by atoms with van der Waals surface area (Å²) in [6.45, 7) is 6.09. The smallest absolute Gasteiger partial charge is 0.268 e. The normalized spacial score (nSPS) is 15.9. The lowest BCUT2D eigenvalue weighted by molar-refractivity contribution is 0.214. The molecule has 11 heteroatoms. The molecule has 5 heterocycles. The number of nitrogens with zero attached hydrogens (tertiary/aromatic N) is 7. The lowest BCUT2D eigenvalue weighted by Gasteiger charge is -2.29. The van der Waals surface area contributed by atoms with Crippen LogP contribution in [0.5, 0.6) is 0 Å². The highest BCUT2D eigenvalue weighted by molar-refractivity contribution is 6.29. The highest BCUT2D eigenvalue weighted by Crippen LogP contribution is 2.36. The summed E-state index contributed by atoms with van der Waals surface area (Å²) in [5.41, 5.74) is 4.00. The number of aryl methyl sites for hydroxylation is 2. The van der Waals surface area contributed by atoms with Crippen LogP contribution in [0.3, 0.4) is 0 Å². The summed E-state index contributed by atoms with van der Waals surface area (Å²) in [4.78, 5) is 20.4. The zero-order valence-corrected chi connectivity index (χ0v) is 22.5. The minimum Gasteiger partial charge on any atom is -0.422 e. The van der Waals surface area contributed by atoms with E-state index in [1.165, 1.54) is 6.39 Å². The Bertz CT molecular complexity index is 1700. The van der Waals surface area contributed by atoms with E-state index in [1.807, 2.05) is 32.3 Å². The Morgan fingerprint density at radius 3 is 2.68 bits per heavy atom. The van der Waals surface area contributed by atoms with Crippen LogP contribution >= 0.6 is 11.6 Å². The molecule has 1 saturated heterocycles. The molecule has 0 amide bonds. The van der Waals surface area contributed by atoms with Crippen LogP contribution in [-0.2, 0) is 7.05 Å². The highest BCUT2D eigenvalue weighted by Gasteiger charge is 2.25. The van der Waals surface area contributed by atoms with Gasteiger partial charge in [0.05, 0.1) is 17.9 Å². The lowest BCUT2D eigenvalue weighted by Crippen LogP contribution is -2.32. The quantitative estimate of drug-likeness (QED) is 0.324. The molecule has 4 aromatic heterocycles. The standard InChI is InChI=1S/C27H29ClN8O2/c1-15-11-18(16(2)31-21-5-6-22(28)32-24(21)25-33-29-14-38-25)23-19(12-15)27(37)35(4)26-20(23)13-30-36(26)17-7-9-34(3)10-8-17/h5-6,11-14,16-17,31H,7-10H2,1-4H3. The van der Waals surface area contributed by atoms with E-state index in [1.54, 1.807) is 10.6 Å². The van der Waals surface area contributed by atoms with Gasteiger partial charge < -0.3 is 14.6 Å². The summed E-state index contributed by atoms with van der Waals surface area (Å²) >= 11 is 6.18. The fourth-order valence-electron chi connectivity index (χ4n) is 5.58. The Hall–Kier alpha value is -3.76. The molecule has 0 aliphatic carbocycles. The number of pyridine rings is 2. The largest absolute Gasteiger partial charge is 0.422 e. The van der Waals surface area contributed by atoms with Gasteiger partial charge >= 0.3 is 0 Å². The third kappa shape index (κ3) is 4.13. The molecule has 1 N–H and O–H groups in total. The van der Waals surface area contributed by atoms with Crippen LogP contribution in [0.4, 0.5) is 5.69 Å². The first-order valence-corrected chi connectivity index (χ1v) is 13.1. The van der Waals surface area contributed by atoms with Gasteiger partial charge in [-0.05, 0) is 76.2 Å². The summed E-state index contributed by atoms with van der Waals surface area (Å²) < 4.78 is 9.21. The molecule has 196 valence electrons. The van der Waals surface area contributed by atoms with Crippen molar-refractivity contribution in [3.05, 3.63) is 63.5 Å². The highest BCUT2D eigenvalue weighted by atomic mass is 35.5. The molecule has 0 saturated carbocycles. The van der Waals surface area contributed by atoms with Gasteiger partial charge in [-0.1, -0.05) is 17.7 Å². The molecule has 0 spiro atoms. The number of likely N-dealkylation sites (tertiary alicyclic amines) is 1. The van der Waals surface area contributed by atoms with E-state index in [4.69, 9.17) is 21.1 Å². The van der Waals surface area contributed by atoms with Gasteiger partial charge in [0, 0.05) is 29.2 Å². The zero-order chi connectivity index (χ0) is 26.6. The van der Waals surface area contributed by atoms with E-state index in [-0.39, 0.29) is 23.5 Å². The number of aromatic nitrogens is 6. The third-order valence-corrected chi connectivity index (χ3v) is 7.71. The van der Waals surface area contributed by atoms with Crippen molar-refractivity contribution in [2.24, 2.45) is 7.05 Å². The van der Waals surface area contributed by atoms with Gasteiger partial charge in [-0.25, -0.2) is 9.67 Å². The minimum atomic E-state index is -0.191. The Morgan fingerprint density at radius 2 is 1.95 bits per heavy atom. The third-order valence-electron chi connectivity index (χ3n) is 7.50. The first-order chi connectivity index (χ1) is 18.3. The van der Waals surface area contributed by atoms with Crippen LogP contribution in [0, 0.1) is 6.92 Å². The van der Waals surface area contributed by atoms with Crippen LogP contribution in [0.25, 0.3) is 33.4 Å². The molecular formula is C27H29ClN8O2. The summed E-state index contributed by atoms with van der Waals surface area (Å²) in [6.07, 6.45) is 5.17. The average Bonchev–Trinajstić information content (AvgIpc) is 3.59. The Kier molecular flexibility index (Phi) is 6.16. The topological polar surface area (TPSA) is 107 Å². The maximum absolute atomic E-state index is 13.7. The van der Waals surface area contributed by atoms with Crippen molar-refractivity contribution < 1.29 is 4.42 Å². The molecule has 1 aromatic carbocycles. The van der Waals surface area contributed by atoms with Crippen molar-refractivity contribution in [2.45, 2.75) is 38.8 Å². The number of anilines is 1. The van der Waals surface area contributed by atoms with E-state index >= 15 is 0 Å². The second kappa shape index (κ2) is 9.52. The molecule has 0 radical (unpaired) electrons. The van der Waals surface area contributed by atoms with E-state index < -0.39 is 0 Å². The van der Waals surface area contributed by atoms with Crippen LogP contribution in [0.15, 0.2) is 46.1 Å². The predicted molar refractivity (Wildman–Crippen MR) is 148 cm³/mol. The lowest BCUT2D eigenvalue weighted by atomic mass is 9.95. The van der Waals surface area contributed by atoms with Gasteiger partial charge in [-0.15, -0.1) is 10.2 Å².